The Kier molecular flexibility index (Phi) is 3.76. The van der Waals surface area contributed by atoms with E-state index in [-0.39, 0.29) is 22.6 Å². The van der Waals surface area contributed by atoms with Gasteiger partial charge in [0.05, 0.1) is 24.0 Å². The summed E-state index contributed by atoms with van der Waals surface area (Å²) in [5, 5.41) is 3.38. The maximum atomic E-state index is 13.5. The van der Waals surface area contributed by atoms with Crippen LogP contribution in [-0.4, -0.2) is 20.9 Å². The van der Waals surface area contributed by atoms with E-state index in [4.69, 9.17) is 0 Å². The first-order chi connectivity index (χ1) is 10.8. The van der Waals surface area contributed by atoms with Crippen molar-refractivity contribution in [1.82, 2.24) is 20.3 Å². The van der Waals surface area contributed by atoms with Crippen LogP contribution in [0.15, 0.2) is 23.8 Å². The average molecular weight is 344 g/mol. The van der Waals surface area contributed by atoms with Crippen molar-refractivity contribution in [3.8, 4) is 0 Å². The molecule has 0 saturated carbocycles. The zero-order valence-corrected chi connectivity index (χ0v) is 12.1. The fourth-order valence-corrected chi connectivity index (χ4v) is 2.70. The normalized spacial score (nSPS) is 11.8. The molecule has 23 heavy (non-hydrogen) atoms. The van der Waals surface area contributed by atoms with Crippen LogP contribution in [0.3, 0.4) is 0 Å². The van der Waals surface area contributed by atoms with E-state index >= 15 is 0 Å². The summed E-state index contributed by atoms with van der Waals surface area (Å²) < 4.78 is 50.8. The predicted octanol–water partition coefficient (Wildman–Crippen LogP) is 3.11. The van der Waals surface area contributed by atoms with E-state index in [1.54, 1.807) is 0 Å². The minimum atomic E-state index is -4.53. The van der Waals surface area contributed by atoms with Crippen molar-refractivity contribution >= 4 is 28.3 Å². The average Bonchev–Trinajstić information content (AvgIpc) is 3.11. The number of rotatable bonds is 3. The van der Waals surface area contributed by atoms with Gasteiger partial charge in [0.1, 0.15) is 16.3 Å². The van der Waals surface area contributed by atoms with Crippen molar-refractivity contribution in [3.05, 3.63) is 45.9 Å². The summed E-state index contributed by atoms with van der Waals surface area (Å²) in [7, 11) is 0. The monoisotopic (exact) mass is 344 g/mol. The number of benzene rings is 1. The Morgan fingerprint density at radius 2 is 2.13 bits per heavy atom. The number of amides is 1. The molecule has 3 aromatic rings. The number of carbonyl (C=O) groups excluding carboxylic acids is 1. The molecule has 0 aliphatic carbocycles. The Morgan fingerprint density at radius 3 is 2.83 bits per heavy atom. The Morgan fingerprint density at radius 1 is 1.35 bits per heavy atom. The highest BCUT2D eigenvalue weighted by molar-refractivity contribution is 7.09. The quantitative estimate of drug-likeness (QED) is 0.717. The molecule has 1 amide bonds. The summed E-state index contributed by atoms with van der Waals surface area (Å²) in [6, 6.07) is 2.21. The first-order valence-electron chi connectivity index (χ1n) is 6.27. The van der Waals surface area contributed by atoms with Gasteiger partial charge in [-0.15, -0.1) is 11.3 Å². The number of hydrogen-bond donors (Lipinski definition) is 2. The number of aromatic nitrogens is 3. The maximum absolute atomic E-state index is 13.5. The van der Waals surface area contributed by atoms with Crippen molar-refractivity contribution in [2.24, 2.45) is 0 Å². The van der Waals surface area contributed by atoms with Crippen LogP contribution in [0.1, 0.15) is 21.1 Å². The lowest BCUT2D eigenvalue weighted by molar-refractivity contribution is -0.140. The number of halogens is 4. The minimum Gasteiger partial charge on any atom is -0.345 e. The lowest BCUT2D eigenvalue weighted by atomic mass is 10.1. The summed E-state index contributed by atoms with van der Waals surface area (Å²) in [6.07, 6.45) is -3.21. The number of alkyl halides is 3. The van der Waals surface area contributed by atoms with Crippen LogP contribution in [0.2, 0.25) is 0 Å². The molecule has 1 aromatic carbocycles. The second-order valence-corrected chi connectivity index (χ2v) is 5.50. The van der Waals surface area contributed by atoms with Crippen LogP contribution >= 0.6 is 11.3 Å². The summed E-state index contributed by atoms with van der Waals surface area (Å²) in [5.41, 5.74) is -0.385. The first-order valence-corrected chi connectivity index (χ1v) is 7.15. The van der Waals surface area contributed by atoms with Crippen LogP contribution in [0.5, 0.6) is 0 Å². The molecular weight excluding hydrogens is 336 g/mol. The summed E-state index contributed by atoms with van der Waals surface area (Å²) in [4.78, 5) is 22.1. The second kappa shape index (κ2) is 5.61. The van der Waals surface area contributed by atoms with Crippen LogP contribution in [-0.2, 0) is 12.7 Å². The predicted molar refractivity (Wildman–Crippen MR) is 74.3 cm³/mol. The van der Waals surface area contributed by atoms with Crippen LogP contribution in [0, 0.1) is 5.82 Å². The van der Waals surface area contributed by atoms with Gasteiger partial charge in [-0.2, -0.15) is 13.2 Å². The molecule has 0 spiro atoms. The highest BCUT2D eigenvalue weighted by Gasteiger charge is 2.33. The fraction of sp³-hybridized carbons (Fsp3) is 0.154. The van der Waals surface area contributed by atoms with Gasteiger partial charge in [0, 0.05) is 5.38 Å². The molecule has 10 heteroatoms. The van der Waals surface area contributed by atoms with Crippen molar-refractivity contribution in [3.63, 3.8) is 0 Å². The van der Waals surface area contributed by atoms with Gasteiger partial charge in [-0.3, -0.25) is 4.79 Å². The third-order valence-electron chi connectivity index (χ3n) is 2.98. The molecule has 0 unspecified atom stereocenters. The van der Waals surface area contributed by atoms with E-state index in [1.165, 1.54) is 12.4 Å². The number of nitrogens with zero attached hydrogens (tertiary/aromatic N) is 2. The van der Waals surface area contributed by atoms with Crippen LogP contribution in [0.4, 0.5) is 17.6 Å². The number of imidazole rings is 1. The van der Waals surface area contributed by atoms with E-state index in [0.29, 0.717) is 5.52 Å². The molecule has 0 saturated heterocycles. The van der Waals surface area contributed by atoms with E-state index < -0.39 is 23.6 Å². The molecule has 0 radical (unpaired) electrons. The number of aromatic amines is 1. The van der Waals surface area contributed by atoms with Gasteiger partial charge < -0.3 is 10.3 Å². The minimum absolute atomic E-state index is 0.00569. The lowest BCUT2D eigenvalue weighted by Gasteiger charge is -2.05. The number of H-pyrrole nitrogens is 1. The SMILES string of the molecule is O=C(NCc1nc(C(F)(F)F)cs1)c1cc(F)cc2[nH]cnc12. The van der Waals surface area contributed by atoms with Gasteiger partial charge in [0.2, 0.25) is 0 Å². The molecule has 0 aliphatic heterocycles. The highest BCUT2D eigenvalue weighted by Crippen LogP contribution is 2.30. The van der Waals surface area contributed by atoms with Crippen LogP contribution in [0.25, 0.3) is 11.0 Å². The number of thiazole rings is 1. The zero-order valence-electron chi connectivity index (χ0n) is 11.2. The van der Waals surface area contributed by atoms with Gasteiger partial charge >= 0.3 is 6.18 Å². The van der Waals surface area contributed by atoms with Crippen molar-refractivity contribution in [2.75, 3.05) is 0 Å². The van der Waals surface area contributed by atoms with Crippen LogP contribution < -0.4 is 5.32 Å². The molecule has 5 nitrogen and oxygen atoms in total. The lowest BCUT2D eigenvalue weighted by Crippen LogP contribution is -2.23. The third-order valence-corrected chi connectivity index (χ3v) is 3.82. The second-order valence-electron chi connectivity index (χ2n) is 4.56. The van der Waals surface area contributed by atoms with Gasteiger partial charge in [-0.1, -0.05) is 0 Å². The van der Waals surface area contributed by atoms with Gasteiger partial charge in [-0.25, -0.2) is 14.4 Å². The van der Waals surface area contributed by atoms with Gasteiger partial charge in [-0.05, 0) is 12.1 Å². The van der Waals surface area contributed by atoms with E-state index in [0.717, 1.165) is 22.8 Å². The van der Waals surface area contributed by atoms with Gasteiger partial charge in [0.15, 0.2) is 5.69 Å². The largest absolute Gasteiger partial charge is 0.434 e. The molecule has 2 aromatic heterocycles. The summed E-state index contributed by atoms with van der Waals surface area (Å²) >= 11 is 0.780. The van der Waals surface area contributed by atoms with E-state index in [1.807, 2.05) is 0 Å². The molecular formula is C13H8F4N4OS. The maximum Gasteiger partial charge on any atom is 0.434 e. The molecule has 2 heterocycles. The molecule has 2 N–H and O–H groups in total. The highest BCUT2D eigenvalue weighted by atomic mass is 32.1. The number of fused-ring (bicyclic) bond motifs is 1. The molecule has 0 atom stereocenters. The topological polar surface area (TPSA) is 70.7 Å². The Labute approximate surface area is 130 Å². The molecule has 0 fully saturated rings. The Bertz CT molecular complexity index is 870. The summed E-state index contributed by atoms with van der Waals surface area (Å²) in [6.45, 7) is -0.192. The van der Waals surface area contributed by atoms with E-state index in [2.05, 4.69) is 20.3 Å². The zero-order chi connectivity index (χ0) is 16.6. The van der Waals surface area contributed by atoms with Crippen molar-refractivity contribution < 1.29 is 22.4 Å². The Hall–Kier alpha value is -2.49. The number of hydrogen-bond acceptors (Lipinski definition) is 4. The summed E-state index contributed by atoms with van der Waals surface area (Å²) in [5.74, 6) is -1.27. The Balaban J connectivity index is 1.76. The molecule has 120 valence electrons. The van der Waals surface area contributed by atoms with Gasteiger partial charge in [0.25, 0.3) is 5.91 Å². The first kappa shape index (κ1) is 15.4. The molecule has 0 bridgehead atoms. The fourth-order valence-electron chi connectivity index (χ4n) is 1.96. The molecule has 3 rings (SSSR count). The third kappa shape index (κ3) is 3.16. The van der Waals surface area contributed by atoms with E-state index in [9.17, 15) is 22.4 Å². The number of carbonyl (C=O) groups is 1. The standard InChI is InChI=1S/C13H8F4N4OS/c14-6-1-7(11-8(2-6)19-5-20-11)12(22)18-3-10-21-9(4-23-10)13(15,16)17/h1-2,4-5H,3H2,(H,18,22)(H,19,20). The smallest absolute Gasteiger partial charge is 0.345 e. The number of nitrogens with one attached hydrogen (secondary N) is 2. The molecule has 0 aliphatic rings. The van der Waals surface area contributed by atoms with Crippen molar-refractivity contribution in [1.29, 1.82) is 0 Å². The van der Waals surface area contributed by atoms with Crippen molar-refractivity contribution in [2.45, 2.75) is 12.7 Å².